The van der Waals surface area contributed by atoms with Crippen molar-refractivity contribution in [3.63, 3.8) is 0 Å². The second kappa shape index (κ2) is 7.37. The van der Waals surface area contributed by atoms with Crippen LogP contribution in [0.25, 0.3) is 0 Å². The molecule has 0 saturated carbocycles. The lowest BCUT2D eigenvalue weighted by Gasteiger charge is -2.38. The molecule has 1 fully saturated rings. The van der Waals surface area contributed by atoms with Crippen LogP contribution in [0.5, 0.6) is 0 Å². The lowest BCUT2D eigenvalue weighted by atomic mass is 10.0. The van der Waals surface area contributed by atoms with Crippen molar-refractivity contribution in [2.75, 3.05) is 13.2 Å². The fraction of sp³-hybridized carbons (Fsp3) is 0.316. The third-order valence-corrected chi connectivity index (χ3v) is 4.45. The van der Waals surface area contributed by atoms with E-state index >= 15 is 0 Å². The highest BCUT2D eigenvalue weighted by molar-refractivity contribution is 5.96. The van der Waals surface area contributed by atoms with E-state index in [9.17, 15) is 23.2 Å². The molecule has 1 aliphatic rings. The zero-order valence-electron chi connectivity index (χ0n) is 14.4. The van der Waals surface area contributed by atoms with Crippen molar-refractivity contribution in [1.82, 2.24) is 9.88 Å². The molecule has 0 bridgehead atoms. The summed E-state index contributed by atoms with van der Waals surface area (Å²) in [5.74, 6) is -0.396. The van der Waals surface area contributed by atoms with Crippen LogP contribution < -0.4 is 0 Å². The van der Waals surface area contributed by atoms with Gasteiger partial charge >= 0.3 is 6.18 Å². The third kappa shape index (κ3) is 3.93. The third-order valence-electron chi connectivity index (χ3n) is 4.45. The number of aromatic nitrogens is 1. The van der Waals surface area contributed by atoms with Gasteiger partial charge in [-0.3, -0.25) is 9.78 Å². The number of carbonyl (C=O) groups is 1. The smallest absolute Gasteiger partial charge is 0.370 e. The van der Waals surface area contributed by atoms with Gasteiger partial charge in [0.1, 0.15) is 12.2 Å². The van der Waals surface area contributed by atoms with Gasteiger partial charge in [-0.1, -0.05) is 12.1 Å². The molecule has 0 radical (unpaired) electrons. The van der Waals surface area contributed by atoms with Gasteiger partial charge in [0.05, 0.1) is 35.9 Å². The highest BCUT2D eigenvalue weighted by atomic mass is 19.4. The maximum Gasteiger partial charge on any atom is 0.416 e. The standard InChI is InChI=1S/C19H16F3N3O2/c1-12-11-27-17(13-3-2-4-15(7-13)19(20,21)22)10-25(12)18(26)16-9-24-6-5-14(16)8-23/h2-7,9,12,17H,10-11H2,1H3. The van der Waals surface area contributed by atoms with Gasteiger partial charge in [-0.15, -0.1) is 0 Å². The van der Waals surface area contributed by atoms with Crippen LogP contribution in [0.2, 0.25) is 0 Å². The SMILES string of the molecule is CC1COC(c2cccc(C(F)(F)F)c2)CN1C(=O)c1cnccc1C#N. The Morgan fingerprint density at radius 3 is 2.85 bits per heavy atom. The Morgan fingerprint density at radius 2 is 2.15 bits per heavy atom. The number of nitrogens with zero attached hydrogens (tertiary/aromatic N) is 3. The molecule has 0 N–H and O–H groups in total. The number of amides is 1. The van der Waals surface area contributed by atoms with Crippen LogP contribution >= 0.6 is 0 Å². The molecule has 140 valence electrons. The summed E-state index contributed by atoms with van der Waals surface area (Å²) in [7, 11) is 0. The Morgan fingerprint density at radius 1 is 1.37 bits per heavy atom. The molecule has 0 aliphatic carbocycles. The lowest BCUT2D eigenvalue weighted by Crippen LogP contribution is -2.48. The average molecular weight is 375 g/mol. The van der Waals surface area contributed by atoms with Gasteiger partial charge in [0, 0.05) is 12.4 Å². The zero-order chi connectivity index (χ0) is 19.6. The number of carbonyl (C=O) groups excluding carboxylic acids is 1. The van der Waals surface area contributed by atoms with Gasteiger partial charge in [0.25, 0.3) is 5.91 Å². The van der Waals surface area contributed by atoms with Crippen LogP contribution in [0.3, 0.4) is 0 Å². The van der Waals surface area contributed by atoms with E-state index in [1.807, 2.05) is 6.07 Å². The minimum absolute atomic E-state index is 0.0844. The number of morpholine rings is 1. The highest BCUT2D eigenvalue weighted by Gasteiger charge is 2.34. The molecule has 2 atom stereocenters. The monoisotopic (exact) mass is 375 g/mol. The number of nitriles is 1. The summed E-state index contributed by atoms with van der Waals surface area (Å²) in [5.41, 5.74) is -0.0544. The van der Waals surface area contributed by atoms with Crippen LogP contribution in [0.15, 0.2) is 42.7 Å². The van der Waals surface area contributed by atoms with Gasteiger partial charge in [0.2, 0.25) is 0 Å². The van der Waals surface area contributed by atoms with Gasteiger partial charge in [-0.25, -0.2) is 0 Å². The van der Waals surface area contributed by atoms with E-state index in [2.05, 4.69) is 4.98 Å². The molecule has 27 heavy (non-hydrogen) atoms. The second-order valence-corrected chi connectivity index (χ2v) is 6.28. The van der Waals surface area contributed by atoms with E-state index in [1.165, 1.54) is 29.4 Å². The molecule has 1 amide bonds. The first kappa shape index (κ1) is 18.9. The highest BCUT2D eigenvalue weighted by Crippen LogP contribution is 2.33. The number of ether oxygens (including phenoxy) is 1. The van der Waals surface area contributed by atoms with Crippen molar-refractivity contribution in [1.29, 1.82) is 5.26 Å². The first-order valence-corrected chi connectivity index (χ1v) is 8.25. The van der Waals surface area contributed by atoms with Crippen LogP contribution in [-0.2, 0) is 10.9 Å². The van der Waals surface area contributed by atoms with Crippen molar-refractivity contribution in [2.45, 2.75) is 25.2 Å². The zero-order valence-corrected chi connectivity index (χ0v) is 14.4. The summed E-state index contributed by atoms with van der Waals surface area (Å²) in [6.07, 6.45) is -2.40. The molecular formula is C19H16F3N3O2. The first-order valence-electron chi connectivity index (χ1n) is 8.25. The minimum Gasteiger partial charge on any atom is -0.370 e. The number of rotatable bonds is 2. The van der Waals surface area contributed by atoms with Gasteiger partial charge in [0.15, 0.2) is 0 Å². The van der Waals surface area contributed by atoms with Crippen LogP contribution in [0.4, 0.5) is 13.2 Å². The van der Waals surface area contributed by atoms with E-state index in [4.69, 9.17) is 4.74 Å². The largest absolute Gasteiger partial charge is 0.416 e. The first-order chi connectivity index (χ1) is 12.8. The summed E-state index contributed by atoms with van der Waals surface area (Å²) >= 11 is 0. The molecule has 2 unspecified atom stereocenters. The maximum absolute atomic E-state index is 13.0. The Labute approximate surface area is 154 Å². The number of hydrogen-bond donors (Lipinski definition) is 0. The summed E-state index contributed by atoms with van der Waals surface area (Å²) < 4.78 is 44.6. The molecule has 1 aromatic carbocycles. The normalized spacial score (nSPS) is 20.2. The Bertz CT molecular complexity index is 892. The van der Waals surface area contributed by atoms with E-state index in [-0.39, 0.29) is 30.3 Å². The molecule has 2 heterocycles. The van der Waals surface area contributed by atoms with Crippen LogP contribution in [0.1, 0.15) is 40.1 Å². The molecule has 5 nitrogen and oxygen atoms in total. The van der Waals surface area contributed by atoms with Gasteiger partial charge in [-0.05, 0) is 30.7 Å². The maximum atomic E-state index is 13.0. The summed E-state index contributed by atoms with van der Waals surface area (Å²) in [4.78, 5) is 18.3. The van der Waals surface area contributed by atoms with Crippen molar-refractivity contribution in [2.24, 2.45) is 0 Å². The molecule has 0 spiro atoms. The van der Waals surface area contributed by atoms with E-state index in [0.29, 0.717) is 5.56 Å². The number of hydrogen-bond acceptors (Lipinski definition) is 4. The fourth-order valence-corrected chi connectivity index (χ4v) is 2.97. The number of alkyl halides is 3. The Hall–Kier alpha value is -2.92. The predicted octanol–water partition coefficient (Wildman–Crippen LogP) is 3.57. The quantitative estimate of drug-likeness (QED) is 0.805. The lowest BCUT2D eigenvalue weighted by molar-refractivity contribution is -0.137. The number of benzene rings is 1. The van der Waals surface area contributed by atoms with Crippen molar-refractivity contribution in [3.05, 3.63) is 65.0 Å². The summed E-state index contributed by atoms with van der Waals surface area (Å²) in [6.45, 7) is 2.04. The Balaban J connectivity index is 1.87. The van der Waals surface area contributed by atoms with Crippen LogP contribution in [0, 0.1) is 11.3 Å². The number of halogens is 3. The van der Waals surface area contributed by atoms with E-state index in [1.54, 1.807) is 13.0 Å². The number of pyridine rings is 1. The summed E-state index contributed by atoms with van der Waals surface area (Å²) in [5, 5.41) is 9.19. The van der Waals surface area contributed by atoms with Crippen molar-refractivity contribution < 1.29 is 22.7 Å². The molecular weight excluding hydrogens is 359 g/mol. The topological polar surface area (TPSA) is 66.2 Å². The fourth-order valence-electron chi connectivity index (χ4n) is 2.97. The molecule has 1 aliphatic heterocycles. The van der Waals surface area contributed by atoms with E-state index < -0.39 is 23.8 Å². The molecule has 2 aromatic rings. The van der Waals surface area contributed by atoms with Gasteiger partial charge in [-0.2, -0.15) is 18.4 Å². The Kier molecular flexibility index (Phi) is 5.15. The van der Waals surface area contributed by atoms with Crippen LogP contribution in [-0.4, -0.2) is 35.0 Å². The minimum atomic E-state index is -4.45. The summed E-state index contributed by atoms with van der Waals surface area (Å²) in [6, 6.07) is 8.01. The predicted molar refractivity (Wildman–Crippen MR) is 89.6 cm³/mol. The molecule has 3 rings (SSSR count). The van der Waals surface area contributed by atoms with Crippen molar-refractivity contribution >= 4 is 5.91 Å². The molecule has 8 heteroatoms. The average Bonchev–Trinajstić information content (AvgIpc) is 2.67. The van der Waals surface area contributed by atoms with Gasteiger partial charge < -0.3 is 9.64 Å². The van der Waals surface area contributed by atoms with Crippen molar-refractivity contribution in [3.8, 4) is 6.07 Å². The van der Waals surface area contributed by atoms with E-state index in [0.717, 1.165) is 12.1 Å². The molecule has 1 saturated heterocycles. The second-order valence-electron chi connectivity index (χ2n) is 6.28. The molecule has 1 aromatic heterocycles.